The Kier molecular flexibility index (Phi) is 3.59. The molecule has 23 heavy (non-hydrogen) atoms. The summed E-state index contributed by atoms with van der Waals surface area (Å²) in [6, 6.07) is 16.8. The van der Waals surface area contributed by atoms with Gasteiger partial charge in [-0.25, -0.2) is 9.07 Å². The van der Waals surface area contributed by atoms with E-state index in [1.807, 2.05) is 35.0 Å². The molecule has 2 heterocycles. The van der Waals surface area contributed by atoms with Crippen LogP contribution in [0.4, 0.5) is 4.39 Å². The van der Waals surface area contributed by atoms with Gasteiger partial charge in [0, 0.05) is 13.1 Å². The topological polar surface area (TPSA) is 46.8 Å². The molecule has 0 N–H and O–H groups in total. The second-order valence-corrected chi connectivity index (χ2v) is 5.67. The minimum Gasteiger partial charge on any atom is -0.284 e. The molecule has 1 atom stereocenters. The second-order valence-electron chi connectivity index (χ2n) is 5.67. The number of benzene rings is 2. The van der Waals surface area contributed by atoms with Crippen LogP contribution in [0, 0.1) is 5.82 Å². The molecule has 3 aromatic rings. The molecule has 0 radical (unpaired) electrons. The van der Waals surface area contributed by atoms with E-state index in [2.05, 4.69) is 32.6 Å². The quantitative estimate of drug-likeness (QED) is 0.745. The van der Waals surface area contributed by atoms with Gasteiger partial charge in [0.05, 0.1) is 12.6 Å². The summed E-state index contributed by atoms with van der Waals surface area (Å²) in [7, 11) is 0. The normalized spacial score (nSPS) is 17.9. The maximum absolute atomic E-state index is 13.3. The summed E-state index contributed by atoms with van der Waals surface area (Å²) in [6.07, 6.45) is 0. The van der Waals surface area contributed by atoms with Crippen molar-refractivity contribution in [3.63, 3.8) is 0 Å². The SMILES string of the molecule is Fc1ccc(C2c3nnnn3CCN2Cc2ccccc2)cc1. The third-order valence-electron chi connectivity index (χ3n) is 4.18. The van der Waals surface area contributed by atoms with Crippen LogP contribution in [0.15, 0.2) is 54.6 Å². The van der Waals surface area contributed by atoms with E-state index >= 15 is 0 Å². The summed E-state index contributed by atoms with van der Waals surface area (Å²) in [5.41, 5.74) is 2.23. The minimum atomic E-state index is -0.237. The first-order valence-electron chi connectivity index (χ1n) is 7.61. The van der Waals surface area contributed by atoms with E-state index in [1.54, 1.807) is 0 Å². The first-order valence-corrected chi connectivity index (χ1v) is 7.61. The lowest BCUT2D eigenvalue weighted by molar-refractivity contribution is 0.164. The number of aromatic nitrogens is 4. The molecule has 116 valence electrons. The Bertz CT molecular complexity index is 784. The maximum atomic E-state index is 13.3. The van der Waals surface area contributed by atoms with Crippen LogP contribution in [0.2, 0.25) is 0 Å². The van der Waals surface area contributed by atoms with Crippen LogP contribution in [0.1, 0.15) is 23.0 Å². The minimum absolute atomic E-state index is 0.0699. The Morgan fingerprint density at radius 2 is 1.78 bits per heavy atom. The average molecular weight is 309 g/mol. The summed E-state index contributed by atoms with van der Waals surface area (Å²) in [4.78, 5) is 2.33. The predicted molar refractivity (Wildman–Crippen MR) is 82.9 cm³/mol. The number of tetrazole rings is 1. The van der Waals surface area contributed by atoms with Gasteiger partial charge in [0.15, 0.2) is 5.82 Å². The van der Waals surface area contributed by atoms with Gasteiger partial charge in [-0.2, -0.15) is 0 Å². The van der Waals surface area contributed by atoms with E-state index in [9.17, 15) is 4.39 Å². The zero-order valence-electron chi connectivity index (χ0n) is 12.5. The van der Waals surface area contributed by atoms with Crippen LogP contribution in [-0.4, -0.2) is 31.7 Å². The molecule has 0 spiro atoms. The Labute approximate surface area is 133 Å². The molecular formula is C17H16FN5. The smallest absolute Gasteiger partial charge is 0.173 e. The molecule has 5 nitrogen and oxygen atoms in total. The molecule has 4 rings (SSSR count). The van der Waals surface area contributed by atoms with Gasteiger partial charge in [0.1, 0.15) is 5.82 Å². The fourth-order valence-corrected chi connectivity index (χ4v) is 3.08. The van der Waals surface area contributed by atoms with Crippen LogP contribution >= 0.6 is 0 Å². The summed E-state index contributed by atoms with van der Waals surface area (Å²) >= 11 is 0. The molecule has 0 saturated heterocycles. The number of fused-ring (bicyclic) bond motifs is 1. The highest BCUT2D eigenvalue weighted by molar-refractivity contribution is 5.27. The van der Waals surface area contributed by atoms with Gasteiger partial charge in [0.2, 0.25) is 0 Å². The molecule has 0 bridgehead atoms. The van der Waals surface area contributed by atoms with E-state index in [0.717, 1.165) is 31.0 Å². The van der Waals surface area contributed by atoms with E-state index < -0.39 is 0 Å². The molecule has 6 heteroatoms. The number of hydrogen-bond donors (Lipinski definition) is 0. The van der Waals surface area contributed by atoms with E-state index in [1.165, 1.54) is 17.7 Å². The first kappa shape index (κ1) is 14.0. The lowest BCUT2D eigenvalue weighted by Gasteiger charge is -2.34. The molecule has 1 aromatic heterocycles. The largest absolute Gasteiger partial charge is 0.284 e. The van der Waals surface area contributed by atoms with Crippen LogP contribution in [-0.2, 0) is 13.1 Å². The van der Waals surface area contributed by atoms with E-state index in [0.29, 0.717) is 0 Å². The standard InChI is InChI=1S/C17H16FN5/c18-15-8-6-14(7-9-15)16-17-19-20-21-23(17)11-10-22(16)12-13-4-2-1-3-5-13/h1-9,16H,10-12H2. The first-order chi connectivity index (χ1) is 11.3. The summed E-state index contributed by atoms with van der Waals surface area (Å²) in [6.45, 7) is 2.40. The van der Waals surface area contributed by atoms with Crippen molar-refractivity contribution in [3.8, 4) is 0 Å². The van der Waals surface area contributed by atoms with Crippen molar-refractivity contribution in [1.29, 1.82) is 0 Å². The molecule has 1 aliphatic heterocycles. The van der Waals surface area contributed by atoms with E-state index in [-0.39, 0.29) is 11.9 Å². The fraction of sp³-hybridized carbons (Fsp3) is 0.235. The van der Waals surface area contributed by atoms with Crippen LogP contribution < -0.4 is 0 Å². The van der Waals surface area contributed by atoms with Crippen molar-refractivity contribution >= 4 is 0 Å². The zero-order valence-corrected chi connectivity index (χ0v) is 12.5. The zero-order chi connectivity index (χ0) is 15.6. The van der Waals surface area contributed by atoms with Crippen LogP contribution in [0.5, 0.6) is 0 Å². The van der Waals surface area contributed by atoms with Crippen molar-refractivity contribution in [3.05, 3.63) is 77.4 Å². The lowest BCUT2D eigenvalue weighted by atomic mass is 10.0. The van der Waals surface area contributed by atoms with Gasteiger partial charge >= 0.3 is 0 Å². The number of hydrogen-bond acceptors (Lipinski definition) is 4. The summed E-state index contributed by atoms with van der Waals surface area (Å²) < 4.78 is 15.1. The van der Waals surface area contributed by atoms with Crippen molar-refractivity contribution in [2.75, 3.05) is 6.54 Å². The Hall–Kier alpha value is -2.60. The molecule has 0 fully saturated rings. The number of rotatable bonds is 3. The summed E-state index contributed by atoms with van der Waals surface area (Å²) in [5.74, 6) is 0.567. The highest BCUT2D eigenvalue weighted by atomic mass is 19.1. The van der Waals surface area contributed by atoms with Crippen molar-refractivity contribution in [2.24, 2.45) is 0 Å². The maximum Gasteiger partial charge on any atom is 0.173 e. The molecule has 2 aromatic carbocycles. The molecule has 1 unspecified atom stereocenters. The molecular weight excluding hydrogens is 293 g/mol. The van der Waals surface area contributed by atoms with Gasteiger partial charge < -0.3 is 0 Å². The number of halogens is 1. The van der Waals surface area contributed by atoms with Gasteiger partial charge in [-0.1, -0.05) is 42.5 Å². The van der Waals surface area contributed by atoms with Gasteiger partial charge in [-0.15, -0.1) is 5.10 Å². The Morgan fingerprint density at radius 3 is 2.57 bits per heavy atom. The Balaban J connectivity index is 1.71. The summed E-state index contributed by atoms with van der Waals surface area (Å²) in [5, 5.41) is 12.0. The Morgan fingerprint density at radius 1 is 1.00 bits per heavy atom. The molecule has 0 aliphatic carbocycles. The fourth-order valence-electron chi connectivity index (χ4n) is 3.08. The molecule has 0 amide bonds. The van der Waals surface area contributed by atoms with Gasteiger partial charge in [-0.05, 0) is 33.7 Å². The van der Waals surface area contributed by atoms with Gasteiger partial charge in [0.25, 0.3) is 0 Å². The van der Waals surface area contributed by atoms with Crippen molar-refractivity contribution < 1.29 is 4.39 Å². The van der Waals surface area contributed by atoms with Crippen molar-refractivity contribution in [1.82, 2.24) is 25.1 Å². The highest BCUT2D eigenvalue weighted by Crippen LogP contribution is 2.31. The highest BCUT2D eigenvalue weighted by Gasteiger charge is 2.31. The second kappa shape index (κ2) is 5.89. The van der Waals surface area contributed by atoms with Gasteiger partial charge in [-0.3, -0.25) is 4.90 Å². The number of nitrogens with zero attached hydrogens (tertiary/aromatic N) is 5. The monoisotopic (exact) mass is 309 g/mol. The average Bonchev–Trinajstić information content (AvgIpc) is 3.05. The lowest BCUT2D eigenvalue weighted by Crippen LogP contribution is -2.38. The third-order valence-corrected chi connectivity index (χ3v) is 4.18. The van der Waals surface area contributed by atoms with Crippen LogP contribution in [0.25, 0.3) is 0 Å². The van der Waals surface area contributed by atoms with Crippen molar-refractivity contribution in [2.45, 2.75) is 19.1 Å². The molecule has 1 aliphatic rings. The van der Waals surface area contributed by atoms with Crippen LogP contribution in [0.3, 0.4) is 0 Å². The molecule has 0 saturated carbocycles. The van der Waals surface area contributed by atoms with E-state index in [4.69, 9.17) is 0 Å². The third kappa shape index (κ3) is 2.73. The predicted octanol–water partition coefficient (Wildman–Crippen LogP) is 2.42.